The van der Waals surface area contributed by atoms with E-state index in [0.717, 1.165) is 43.3 Å². The highest BCUT2D eigenvalue weighted by atomic mass is 19.3. The van der Waals surface area contributed by atoms with Crippen LogP contribution in [0, 0.1) is 13.8 Å². The molecule has 3 aromatic rings. The van der Waals surface area contributed by atoms with Crippen LogP contribution in [0.3, 0.4) is 0 Å². The Balaban J connectivity index is 1.40. The van der Waals surface area contributed by atoms with Crippen LogP contribution in [0.1, 0.15) is 17.1 Å². The van der Waals surface area contributed by atoms with E-state index in [4.69, 9.17) is 4.42 Å². The second-order valence-electron chi connectivity index (χ2n) is 6.79. The molecule has 7 nitrogen and oxygen atoms in total. The molecule has 0 bridgehead atoms. The van der Waals surface area contributed by atoms with E-state index in [1.165, 1.54) is 12.1 Å². The number of piperazine rings is 1. The Morgan fingerprint density at radius 3 is 2.68 bits per heavy atom. The predicted molar refractivity (Wildman–Crippen MR) is 99.6 cm³/mol. The van der Waals surface area contributed by atoms with E-state index < -0.39 is 6.61 Å². The van der Waals surface area contributed by atoms with Gasteiger partial charge in [-0.1, -0.05) is 0 Å². The average Bonchev–Trinajstić information content (AvgIpc) is 3.06. The van der Waals surface area contributed by atoms with Crippen molar-refractivity contribution in [2.24, 2.45) is 0 Å². The molecule has 28 heavy (non-hydrogen) atoms. The van der Waals surface area contributed by atoms with Crippen molar-refractivity contribution in [3.8, 4) is 5.75 Å². The maximum absolute atomic E-state index is 12.3. The van der Waals surface area contributed by atoms with Crippen LogP contribution in [0.2, 0.25) is 0 Å². The fourth-order valence-electron chi connectivity index (χ4n) is 3.35. The van der Waals surface area contributed by atoms with Gasteiger partial charge >= 0.3 is 6.61 Å². The van der Waals surface area contributed by atoms with E-state index in [2.05, 4.69) is 29.5 Å². The highest BCUT2D eigenvalue weighted by molar-refractivity contribution is 5.74. The minimum Gasteiger partial charge on any atom is -0.439 e. The topological polar surface area (TPSA) is 67.5 Å². The number of fused-ring (bicyclic) bond motifs is 1. The maximum Gasteiger partial charge on any atom is 0.387 e. The lowest BCUT2D eigenvalue weighted by Gasteiger charge is -2.35. The molecular formula is C19H21F2N5O2. The first-order chi connectivity index (χ1) is 13.5. The number of halogens is 2. The zero-order valence-electron chi connectivity index (χ0n) is 15.7. The van der Waals surface area contributed by atoms with E-state index in [1.807, 2.05) is 13.8 Å². The molecule has 0 N–H and O–H groups in total. The van der Waals surface area contributed by atoms with Crippen LogP contribution in [0.4, 0.5) is 14.6 Å². The van der Waals surface area contributed by atoms with Crippen LogP contribution in [0.15, 0.2) is 28.9 Å². The number of aromatic nitrogens is 3. The third kappa shape index (κ3) is 3.89. The normalized spacial score (nSPS) is 15.5. The summed E-state index contributed by atoms with van der Waals surface area (Å²) in [6, 6.07) is 4.53. The number of alkyl halides is 2. The summed E-state index contributed by atoms with van der Waals surface area (Å²) in [7, 11) is 0. The largest absolute Gasteiger partial charge is 0.439 e. The molecule has 4 rings (SSSR count). The van der Waals surface area contributed by atoms with Crippen molar-refractivity contribution in [3.05, 3.63) is 41.7 Å². The summed E-state index contributed by atoms with van der Waals surface area (Å²) in [5.74, 6) is 1.61. The van der Waals surface area contributed by atoms with Crippen LogP contribution in [0.25, 0.3) is 11.1 Å². The molecule has 0 aliphatic carbocycles. The first-order valence-electron chi connectivity index (χ1n) is 9.09. The maximum atomic E-state index is 12.3. The number of benzene rings is 1. The number of hydrogen-bond acceptors (Lipinski definition) is 7. The highest BCUT2D eigenvalue weighted by Crippen LogP contribution is 2.24. The lowest BCUT2D eigenvalue weighted by atomic mass is 10.2. The predicted octanol–water partition coefficient (Wildman–Crippen LogP) is 3.16. The number of oxazole rings is 1. The summed E-state index contributed by atoms with van der Waals surface area (Å²) in [5, 5.41) is 0. The van der Waals surface area contributed by atoms with Crippen molar-refractivity contribution in [3.63, 3.8) is 0 Å². The second-order valence-corrected chi connectivity index (χ2v) is 6.79. The smallest absolute Gasteiger partial charge is 0.387 e. The summed E-state index contributed by atoms with van der Waals surface area (Å²) in [6.07, 6.45) is 1.61. The van der Waals surface area contributed by atoms with E-state index >= 15 is 0 Å². The van der Waals surface area contributed by atoms with Gasteiger partial charge in [0.15, 0.2) is 5.58 Å². The van der Waals surface area contributed by atoms with Crippen LogP contribution in [0.5, 0.6) is 5.75 Å². The molecule has 1 saturated heterocycles. The summed E-state index contributed by atoms with van der Waals surface area (Å²) in [5.41, 5.74) is 3.17. The first kappa shape index (κ1) is 18.5. The molecule has 0 radical (unpaired) electrons. The van der Waals surface area contributed by atoms with E-state index in [-0.39, 0.29) is 5.75 Å². The molecular weight excluding hydrogens is 368 g/mol. The molecule has 0 atom stereocenters. The number of aryl methyl sites for hydroxylation is 1. The molecule has 0 unspecified atom stereocenters. The Morgan fingerprint density at radius 2 is 1.93 bits per heavy atom. The molecule has 0 spiro atoms. The van der Waals surface area contributed by atoms with Crippen molar-refractivity contribution in [2.45, 2.75) is 27.0 Å². The number of rotatable bonds is 5. The Hall–Kier alpha value is -2.81. The van der Waals surface area contributed by atoms with Gasteiger partial charge in [-0.05, 0) is 26.0 Å². The molecule has 2 aromatic heterocycles. The Labute approximate surface area is 161 Å². The van der Waals surface area contributed by atoms with Crippen LogP contribution < -0.4 is 9.64 Å². The monoisotopic (exact) mass is 389 g/mol. The van der Waals surface area contributed by atoms with Crippen molar-refractivity contribution in [2.75, 3.05) is 31.1 Å². The lowest BCUT2D eigenvalue weighted by molar-refractivity contribution is -0.0497. The van der Waals surface area contributed by atoms with Crippen molar-refractivity contribution in [1.82, 2.24) is 19.9 Å². The SMILES string of the molecule is Cc1ncnc(N2CCN(Cc3nc4ccc(OC(F)F)cc4o3)CC2)c1C. The molecule has 9 heteroatoms. The van der Waals surface area contributed by atoms with Crippen LogP contribution >= 0.6 is 0 Å². The van der Waals surface area contributed by atoms with Crippen LogP contribution in [-0.2, 0) is 6.54 Å². The van der Waals surface area contributed by atoms with Gasteiger partial charge in [-0.3, -0.25) is 4.90 Å². The van der Waals surface area contributed by atoms with Gasteiger partial charge in [-0.25, -0.2) is 15.0 Å². The Morgan fingerprint density at radius 1 is 1.14 bits per heavy atom. The summed E-state index contributed by atoms with van der Waals surface area (Å²) in [6.45, 7) is 5.13. The molecule has 1 aliphatic heterocycles. The van der Waals surface area contributed by atoms with E-state index in [9.17, 15) is 8.78 Å². The molecule has 148 valence electrons. The fourth-order valence-corrected chi connectivity index (χ4v) is 3.35. The van der Waals surface area contributed by atoms with Gasteiger partial charge in [0.25, 0.3) is 0 Å². The lowest BCUT2D eigenvalue weighted by Crippen LogP contribution is -2.46. The molecule has 0 saturated carbocycles. The Bertz CT molecular complexity index is 970. The Kier molecular flexibility index (Phi) is 5.08. The van der Waals surface area contributed by atoms with Gasteiger partial charge in [-0.2, -0.15) is 8.78 Å². The summed E-state index contributed by atoms with van der Waals surface area (Å²) in [4.78, 5) is 17.6. The summed E-state index contributed by atoms with van der Waals surface area (Å²) < 4.78 is 34.8. The highest BCUT2D eigenvalue weighted by Gasteiger charge is 2.21. The van der Waals surface area contributed by atoms with Crippen molar-refractivity contribution in [1.29, 1.82) is 0 Å². The van der Waals surface area contributed by atoms with Gasteiger partial charge in [0.2, 0.25) is 5.89 Å². The number of ether oxygens (including phenoxy) is 1. The van der Waals surface area contributed by atoms with Crippen LogP contribution in [-0.4, -0.2) is 52.6 Å². The molecule has 1 aromatic carbocycles. The zero-order chi connectivity index (χ0) is 19.7. The van der Waals surface area contributed by atoms with Gasteiger partial charge in [0, 0.05) is 43.5 Å². The standard InChI is InChI=1S/C19H21F2N5O2/c1-12-13(2)22-11-23-18(12)26-7-5-25(6-8-26)10-17-24-15-4-3-14(27-19(20)21)9-16(15)28-17/h3-4,9,11,19H,5-8,10H2,1-2H3. The minimum absolute atomic E-state index is 0.0642. The zero-order valence-corrected chi connectivity index (χ0v) is 15.7. The van der Waals surface area contributed by atoms with Crippen molar-refractivity contribution < 1.29 is 17.9 Å². The number of anilines is 1. The third-order valence-electron chi connectivity index (χ3n) is 4.97. The quantitative estimate of drug-likeness (QED) is 0.664. The third-order valence-corrected chi connectivity index (χ3v) is 4.97. The molecule has 3 heterocycles. The van der Waals surface area contributed by atoms with E-state index in [0.29, 0.717) is 23.5 Å². The van der Waals surface area contributed by atoms with Gasteiger partial charge in [-0.15, -0.1) is 0 Å². The molecule has 1 aliphatic rings. The average molecular weight is 389 g/mol. The molecule has 1 fully saturated rings. The fraction of sp³-hybridized carbons (Fsp3) is 0.421. The number of nitrogens with zero attached hydrogens (tertiary/aromatic N) is 5. The summed E-state index contributed by atoms with van der Waals surface area (Å²) >= 11 is 0. The second kappa shape index (κ2) is 7.67. The molecule has 0 amide bonds. The van der Waals surface area contributed by atoms with E-state index in [1.54, 1.807) is 12.4 Å². The van der Waals surface area contributed by atoms with Gasteiger partial charge in [0.05, 0.1) is 6.54 Å². The minimum atomic E-state index is -2.86. The number of hydrogen-bond donors (Lipinski definition) is 0. The van der Waals surface area contributed by atoms with Gasteiger partial charge in [0.1, 0.15) is 23.4 Å². The van der Waals surface area contributed by atoms with Gasteiger partial charge < -0.3 is 14.1 Å². The first-order valence-corrected chi connectivity index (χ1v) is 9.09. The van der Waals surface area contributed by atoms with Crippen molar-refractivity contribution >= 4 is 16.9 Å².